The highest BCUT2D eigenvalue weighted by Gasteiger charge is 2.18. The molecule has 3 heteroatoms. The summed E-state index contributed by atoms with van der Waals surface area (Å²) >= 11 is 0. The Morgan fingerprint density at radius 3 is 1.80 bits per heavy atom. The average Bonchev–Trinajstić information content (AvgIpc) is 3.08. The van der Waals surface area contributed by atoms with Crippen LogP contribution in [0.4, 0.5) is 17.1 Å². The number of carbonyl (C=O) groups is 1. The van der Waals surface area contributed by atoms with Crippen LogP contribution in [0.3, 0.4) is 0 Å². The van der Waals surface area contributed by atoms with Crippen molar-refractivity contribution in [1.29, 1.82) is 0 Å². The van der Waals surface area contributed by atoms with Gasteiger partial charge in [-0.3, -0.25) is 0 Å². The molecule has 44 heavy (non-hydrogen) atoms. The number of ether oxygens (including phenoxy) is 1. The van der Waals surface area contributed by atoms with Crippen molar-refractivity contribution in [2.45, 2.75) is 0 Å². The van der Waals surface area contributed by atoms with E-state index >= 15 is 0 Å². The lowest BCUT2D eigenvalue weighted by Gasteiger charge is -2.27. The van der Waals surface area contributed by atoms with E-state index in [-0.39, 0.29) is 0 Å². The highest BCUT2D eigenvalue weighted by molar-refractivity contribution is 6.25. The Morgan fingerprint density at radius 2 is 1.14 bits per heavy atom. The monoisotopic (exact) mass is 567 g/mol. The number of para-hydroxylation sites is 1. The van der Waals surface area contributed by atoms with Crippen LogP contribution in [-0.2, 0) is 4.79 Å². The molecule has 0 bridgehead atoms. The van der Waals surface area contributed by atoms with Gasteiger partial charge in [-0.15, -0.1) is 0 Å². The number of rotatable bonds is 8. The molecule has 0 aromatic heterocycles. The molecular formula is C41H29NO2. The lowest BCUT2D eigenvalue weighted by molar-refractivity contribution is -0.128. The van der Waals surface area contributed by atoms with E-state index in [0.29, 0.717) is 5.75 Å². The first-order valence-electron chi connectivity index (χ1n) is 14.6. The van der Waals surface area contributed by atoms with Crippen molar-refractivity contribution < 1.29 is 9.53 Å². The molecule has 210 valence electrons. The molecule has 0 aliphatic rings. The van der Waals surface area contributed by atoms with Crippen LogP contribution in [0.1, 0.15) is 11.1 Å². The fourth-order valence-corrected chi connectivity index (χ4v) is 5.79. The Hall–Kier alpha value is -5.93. The van der Waals surface area contributed by atoms with Crippen molar-refractivity contribution >= 4 is 67.5 Å². The van der Waals surface area contributed by atoms with Gasteiger partial charge in [0.15, 0.2) is 0 Å². The molecule has 0 saturated heterocycles. The molecule has 0 heterocycles. The SMILES string of the molecule is C=CC(=O)Oc1ccc(/C=C/C=C/c2ccc(N(c3ccccc3)c3ccc4ccc5cccc6ccc3c4c56)cc2)cc1. The number of carbonyl (C=O) groups excluding carboxylic acids is 1. The summed E-state index contributed by atoms with van der Waals surface area (Å²) in [5, 5.41) is 7.63. The second-order valence-corrected chi connectivity index (χ2v) is 10.6. The van der Waals surface area contributed by atoms with Crippen LogP contribution in [0.15, 0.2) is 158 Å². The second kappa shape index (κ2) is 11.7. The maximum Gasteiger partial charge on any atom is 0.335 e. The Balaban J connectivity index is 1.19. The van der Waals surface area contributed by atoms with Crippen LogP contribution in [-0.4, -0.2) is 5.97 Å². The van der Waals surface area contributed by atoms with Gasteiger partial charge in [0.25, 0.3) is 0 Å². The summed E-state index contributed by atoms with van der Waals surface area (Å²) in [7, 11) is 0. The van der Waals surface area contributed by atoms with E-state index < -0.39 is 5.97 Å². The van der Waals surface area contributed by atoms with Crippen molar-refractivity contribution in [2.75, 3.05) is 4.90 Å². The fourth-order valence-electron chi connectivity index (χ4n) is 5.79. The standard InChI is InChI=1S/C41H29NO2/c1-2-39(43)44-36-25-17-30(18-26-36)10-7-6-9-29-15-23-35(24-16-29)42(34-13-4-3-5-14-34)38-28-22-33-20-19-31-11-8-12-32-21-27-37(38)41(33)40(31)32/h2-28H,1H2/b9-6+,10-7+. The van der Waals surface area contributed by atoms with Crippen molar-refractivity contribution in [3.8, 4) is 5.75 Å². The van der Waals surface area contributed by atoms with Crippen LogP contribution in [0.5, 0.6) is 5.75 Å². The number of allylic oxidation sites excluding steroid dienone is 2. The van der Waals surface area contributed by atoms with E-state index in [4.69, 9.17) is 4.74 Å². The van der Waals surface area contributed by atoms with Gasteiger partial charge in [0.1, 0.15) is 5.75 Å². The summed E-state index contributed by atoms with van der Waals surface area (Å²) < 4.78 is 5.13. The summed E-state index contributed by atoms with van der Waals surface area (Å²) in [6.07, 6.45) is 9.27. The Kier molecular flexibility index (Phi) is 7.19. The lowest BCUT2D eigenvalue weighted by atomic mass is 9.93. The largest absolute Gasteiger partial charge is 0.423 e. The predicted molar refractivity (Wildman–Crippen MR) is 185 cm³/mol. The molecule has 0 aliphatic carbocycles. The third-order valence-electron chi connectivity index (χ3n) is 7.87. The molecule has 0 saturated carbocycles. The van der Waals surface area contributed by atoms with Gasteiger partial charge in [0.2, 0.25) is 0 Å². The molecule has 0 N–H and O–H groups in total. The van der Waals surface area contributed by atoms with E-state index in [2.05, 4.69) is 127 Å². The number of nitrogens with zero attached hydrogens (tertiary/aromatic N) is 1. The fraction of sp³-hybridized carbons (Fsp3) is 0. The van der Waals surface area contributed by atoms with E-state index in [1.54, 1.807) is 12.1 Å². The second-order valence-electron chi connectivity index (χ2n) is 10.6. The summed E-state index contributed by atoms with van der Waals surface area (Å²) in [5.74, 6) is 0.0272. The quantitative estimate of drug-likeness (QED) is 0.0601. The van der Waals surface area contributed by atoms with Gasteiger partial charge in [-0.1, -0.05) is 122 Å². The van der Waals surface area contributed by atoms with E-state index in [1.807, 2.05) is 30.4 Å². The highest BCUT2D eigenvalue weighted by Crippen LogP contribution is 2.43. The van der Waals surface area contributed by atoms with Crippen molar-refractivity contribution in [3.63, 3.8) is 0 Å². The van der Waals surface area contributed by atoms with Gasteiger partial charge in [0, 0.05) is 22.8 Å². The molecule has 0 amide bonds. The van der Waals surface area contributed by atoms with E-state index in [1.165, 1.54) is 32.3 Å². The van der Waals surface area contributed by atoms with Crippen molar-refractivity contribution in [3.05, 3.63) is 169 Å². The first kappa shape index (κ1) is 26.9. The van der Waals surface area contributed by atoms with Crippen molar-refractivity contribution in [1.82, 2.24) is 0 Å². The normalized spacial score (nSPS) is 11.6. The first-order chi connectivity index (χ1) is 21.7. The van der Waals surface area contributed by atoms with Gasteiger partial charge in [-0.2, -0.15) is 0 Å². The van der Waals surface area contributed by atoms with Crippen LogP contribution >= 0.6 is 0 Å². The zero-order valence-corrected chi connectivity index (χ0v) is 24.1. The number of hydrogen-bond donors (Lipinski definition) is 0. The molecule has 0 unspecified atom stereocenters. The molecule has 7 rings (SSSR count). The molecule has 7 aromatic rings. The Morgan fingerprint density at radius 1 is 0.568 bits per heavy atom. The molecule has 7 aromatic carbocycles. The maximum absolute atomic E-state index is 11.4. The third kappa shape index (κ3) is 5.23. The molecule has 3 nitrogen and oxygen atoms in total. The third-order valence-corrected chi connectivity index (χ3v) is 7.87. The Labute approximate surface area is 256 Å². The molecule has 0 fully saturated rings. The zero-order valence-electron chi connectivity index (χ0n) is 24.1. The molecule has 0 atom stereocenters. The number of hydrogen-bond acceptors (Lipinski definition) is 3. The lowest BCUT2D eigenvalue weighted by Crippen LogP contribution is -2.10. The smallest absolute Gasteiger partial charge is 0.335 e. The molecule has 0 aliphatic heterocycles. The summed E-state index contributed by atoms with van der Waals surface area (Å²) in [6.45, 7) is 3.42. The number of benzene rings is 7. The van der Waals surface area contributed by atoms with Crippen LogP contribution in [0.25, 0.3) is 44.5 Å². The predicted octanol–water partition coefficient (Wildman–Crippen LogP) is 10.9. The molecule has 0 radical (unpaired) electrons. The number of esters is 1. The number of anilines is 3. The minimum Gasteiger partial charge on any atom is -0.423 e. The van der Waals surface area contributed by atoms with Crippen LogP contribution in [0, 0.1) is 0 Å². The summed E-state index contributed by atoms with van der Waals surface area (Å²) in [5.41, 5.74) is 5.47. The topological polar surface area (TPSA) is 29.5 Å². The van der Waals surface area contributed by atoms with Gasteiger partial charge in [0.05, 0.1) is 5.69 Å². The van der Waals surface area contributed by atoms with Gasteiger partial charge < -0.3 is 9.64 Å². The molecule has 0 spiro atoms. The zero-order chi connectivity index (χ0) is 29.9. The van der Waals surface area contributed by atoms with Gasteiger partial charge >= 0.3 is 5.97 Å². The highest BCUT2D eigenvalue weighted by atomic mass is 16.5. The van der Waals surface area contributed by atoms with E-state index in [0.717, 1.165) is 34.3 Å². The van der Waals surface area contributed by atoms with Crippen LogP contribution < -0.4 is 9.64 Å². The van der Waals surface area contributed by atoms with Gasteiger partial charge in [-0.05, 0) is 80.5 Å². The minimum atomic E-state index is -0.468. The minimum absolute atomic E-state index is 0.468. The van der Waals surface area contributed by atoms with E-state index in [9.17, 15) is 4.79 Å². The van der Waals surface area contributed by atoms with Crippen molar-refractivity contribution in [2.24, 2.45) is 0 Å². The van der Waals surface area contributed by atoms with Gasteiger partial charge in [-0.25, -0.2) is 4.79 Å². The summed E-state index contributed by atoms with van der Waals surface area (Å²) in [4.78, 5) is 13.7. The Bertz CT molecular complexity index is 2140. The molecular weight excluding hydrogens is 538 g/mol. The maximum atomic E-state index is 11.4. The summed E-state index contributed by atoms with van der Waals surface area (Å²) in [6, 6.07) is 46.5. The van der Waals surface area contributed by atoms with Crippen LogP contribution in [0.2, 0.25) is 0 Å². The first-order valence-corrected chi connectivity index (χ1v) is 14.6. The average molecular weight is 568 g/mol.